The predicted molar refractivity (Wildman–Crippen MR) is 70.8 cm³/mol. The van der Waals surface area contributed by atoms with Crippen molar-refractivity contribution in [1.29, 1.82) is 0 Å². The first-order valence-electron chi connectivity index (χ1n) is 5.95. The largest absolute Gasteiger partial charge is 0.446 e. The molecule has 0 radical (unpaired) electrons. The summed E-state index contributed by atoms with van der Waals surface area (Å²) < 4.78 is 36.6. The van der Waals surface area contributed by atoms with Crippen LogP contribution in [0.15, 0.2) is 29.2 Å². The molecule has 2 atom stereocenters. The Bertz CT molecular complexity index is 401. The van der Waals surface area contributed by atoms with Gasteiger partial charge in [-0.15, -0.1) is 0 Å². The number of rotatable bonds is 5. The van der Waals surface area contributed by atoms with Gasteiger partial charge in [0.05, 0.1) is 6.10 Å². The third kappa shape index (κ3) is 4.40. The molecule has 0 spiro atoms. The molecule has 0 heterocycles. The highest BCUT2D eigenvalue weighted by atomic mass is 32.2. The lowest BCUT2D eigenvalue weighted by molar-refractivity contribution is -0.0328. The van der Waals surface area contributed by atoms with E-state index in [-0.39, 0.29) is 16.7 Å². The summed E-state index contributed by atoms with van der Waals surface area (Å²) in [6.45, 7) is 4.09. The van der Waals surface area contributed by atoms with Gasteiger partial charge in [0.15, 0.2) is 0 Å². The van der Waals surface area contributed by atoms with E-state index in [4.69, 9.17) is 5.73 Å². The normalized spacial score (nSPS) is 17.0. The van der Waals surface area contributed by atoms with Crippen LogP contribution in [0.3, 0.4) is 0 Å². The lowest BCUT2D eigenvalue weighted by atomic mass is 9.78. The maximum Gasteiger partial charge on any atom is 0.446 e. The van der Waals surface area contributed by atoms with Crippen LogP contribution in [0.2, 0.25) is 0 Å². The monoisotopic (exact) mass is 293 g/mol. The van der Waals surface area contributed by atoms with Gasteiger partial charge in [0.2, 0.25) is 0 Å². The molecular weight excluding hydrogens is 275 g/mol. The number of hydrogen-bond acceptors (Lipinski definition) is 3. The van der Waals surface area contributed by atoms with Crippen LogP contribution in [-0.2, 0) is 0 Å². The summed E-state index contributed by atoms with van der Waals surface area (Å²) in [5.41, 5.74) is 1.47. The SMILES string of the molecule is CCC(C)(CN)C(O)c1ccc(SC(F)(F)F)cc1. The second kappa shape index (κ2) is 6.15. The average Bonchev–Trinajstić information content (AvgIpc) is 2.36. The van der Waals surface area contributed by atoms with Crippen LogP contribution in [0.4, 0.5) is 13.2 Å². The second-order valence-corrected chi connectivity index (χ2v) is 5.87. The summed E-state index contributed by atoms with van der Waals surface area (Å²) in [5, 5.41) is 10.3. The molecule has 0 fully saturated rings. The summed E-state index contributed by atoms with van der Waals surface area (Å²) >= 11 is -0.166. The molecule has 0 amide bonds. The first kappa shape index (κ1) is 16.3. The lowest BCUT2D eigenvalue weighted by Gasteiger charge is -2.32. The van der Waals surface area contributed by atoms with Crippen LogP contribution in [0, 0.1) is 5.41 Å². The zero-order chi connectivity index (χ0) is 14.7. The van der Waals surface area contributed by atoms with E-state index >= 15 is 0 Å². The molecule has 6 heteroatoms. The fourth-order valence-electron chi connectivity index (χ4n) is 1.70. The van der Waals surface area contributed by atoms with Gasteiger partial charge in [-0.3, -0.25) is 0 Å². The zero-order valence-corrected chi connectivity index (χ0v) is 11.7. The summed E-state index contributed by atoms with van der Waals surface area (Å²) in [7, 11) is 0. The Kier molecular flexibility index (Phi) is 5.29. The molecule has 2 nitrogen and oxygen atoms in total. The topological polar surface area (TPSA) is 46.2 Å². The Morgan fingerprint density at radius 3 is 2.16 bits per heavy atom. The molecule has 0 aromatic heterocycles. The summed E-state index contributed by atoms with van der Waals surface area (Å²) in [6, 6.07) is 5.76. The number of halogens is 3. The van der Waals surface area contributed by atoms with E-state index in [1.165, 1.54) is 24.3 Å². The molecule has 0 bridgehead atoms. The van der Waals surface area contributed by atoms with E-state index in [0.29, 0.717) is 18.5 Å². The Hall–Kier alpha value is -0.720. The van der Waals surface area contributed by atoms with Gasteiger partial charge < -0.3 is 10.8 Å². The lowest BCUT2D eigenvalue weighted by Crippen LogP contribution is -2.33. The van der Waals surface area contributed by atoms with Crippen molar-refractivity contribution in [2.45, 2.75) is 36.8 Å². The molecule has 108 valence electrons. The fourth-order valence-corrected chi connectivity index (χ4v) is 2.24. The Morgan fingerprint density at radius 2 is 1.79 bits per heavy atom. The van der Waals surface area contributed by atoms with Gasteiger partial charge in [-0.1, -0.05) is 26.0 Å². The van der Waals surface area contributed by atoms with Crippen molar-refractivity contribution >= 4 is 11.8 Å². The molecule has 1 aromatic rings. The van der Waals surface area contributed by atoms with Gasteiger partial charge in [-0.2, -0.15) is 13.2 Å². The first-order valence-corrected chi connectivity index (χ1v) is 6.77. The van der Waals surface area contributed by atoms with Crippen LogP contribution in [-0.4, -0.2) is 17.2 Å². The predicted octanol–water partition coefficient (Wildman–Crippen LogP) is 3.71. The van der Waals surface area contributed by atoms with Crippen LogP contribution in [0.25, 0.3) is 0 Å². The third-order valence-corrected chi connectivity index (χ3v) is 4.10. The first-order chi connectivity index (χ1) is 8.72. The van der Waals surface area contributed by atoms with Crippen molar-refractivity contribution < 1.29 is 18.3 Å². The molecule has 0 aliphatic rings. The van der Waals surface area contributed by atoms with E-state index in [1.54, 1.807) is 0 Å². The number of hydrogen-bond donors (Lipinski definition) is 2. The maximum atomic E-state index is 12.2. The molecule has 0 aliphatic heterocycles. The van der Waals surface area contributed by atoms with E-state index in [0.717, 1.165) is 0 Å². The minimum absolute atomic E-state index is 0.106. The molecule has 2 unspecified atom stereocenters. The number of benzene rings is 1. The van der Waals surface area contributed by atoms with Crippen LogP contribution >= 0.6 is 11.8 Å². The van der Waals surface area contributed by atoms with Gasteiger partial charge in [0.25, 0.3) is 0 Å². The minimum atomic E-state index is -4.30. The van der Waals surface area contributed by atoms with E-state index < -0.39 is 17.0 Å². The van der Waals surface area contributed by atoms with Gasteiger partial charge >= 0.3 is 5.51 Å². The summed E-state index contributed by atoms with van der Waals surface area (Å²) in [4.78, 5) is 0.106. The second-order valence-electron chi connectivity index (χ2n) is 4.73. The number of nitrogens with two attached hydrogens (primary N) is 1. The standard InChI is InChI=1S/C13H18F3NOS/c1-3-12(2,8-17)11(18)9-4-6-10(7-5-9)19-13(14,15)16/h4-7,11,18H,3,8,17H2,1-2H3. The Labute approximate surface area is 115 Å². The molecule has 0 saturated heterocycles. The van der Waals surface area contributed by atoms with Gasteiger partial charge in [-0.25, -0.2) is 0 Å². The number of aliphatic hydroxyl groups is 1. The Balaban J connectivity index is 2.87. The van der Waals surface area contributed by atoms with E-state index in [2.05, 4.69) is 0 Å². The molecule has 1 rings (SSSR count). The van der Waals surface area contributed by atoms with Crippen molar-refractivity contribution in [2.24, 2.45) is 11.1 Å². The summed E-state index contributed by atoms with van der Waals surface area (Å²) in [5.74, 6) is 0. The van der Waals surface area contributed by atoms with Gasteiger partial charge in [0, 0.05) is 16.9 Å². The van der Waals surface area contributed by atoms with Crippen LogP contribution in [0.5, 0.6) is 0 Å². The smallest absolute Gasteiger partial charge is 0.388 e. The number of thioether (sulfide) groups is 1. The van der Waals surface area contributed by atoms with Crippen molar-refractivity contribution in [3.8, 4) is 0 Å². The van der Waals surface area contributed by atoms with Crippen molar-refractivity contribution in [3.63, 3.8) is 0 Å². The molecule has 19 heavy (non-hydrogen) atoms. The molecule has 0 aliphatic carbocycles. The summed E-state index contributed by atoms with van der Waals surface area (Å²) in [6.07, 6.45) is -0.101. The number of alkyl halides is 3. The highest BCUT2D eigenvalue weighted by Gasteiger charge is 2.32. The van der Waals surface area contributed by atoms with E-state index in [1.807, 2.05) is 13.8 Å². The third-order valence-electron chi connectivity index (χ3n) is 3.36. The Morgan fingerprint density at radius 1 is 1.26 bits per heavy atom. The quantitative estimate of drug-likeness (QED) is 0.814. The van der Waals surface area contributed by atoms with Crippen molar-refractivity contribution in [2.75, 3.05) is 6.54 Å². The zero-order valence-electron chi connectivity index (χ0n) is 10.9. The van der Waals surface area contributed by atoms with Gasteiger partial charge in [-0.05, 0) is 35.9 Å². The van der Waals surface area contributed by atoms with Crippen molar-refractivity contribution in [3.05, 3.63) is 29.8 Å². The van der Waals surface area contributed by atoms with Gasteiger partial charge in [0.1, 0.15) is 0 Å². The minimum Gasteiger partial charge on any atom is -0.388 e. The van der Waals surface area contributed by atoms with Crippen LogP contribution in [0.1, 0.15) is 31.9 Å². The number of aliphatic hydroxyl groups excluding tert-OH is 1. The molecule has 1 aromatic carbocycles. The highest BCUT2D eigenvalue weighted by Crippen LogP contribution is 2.39. The van der Waals surface area contributed by atoms with Crippen LogP contribution < -0.4 is 5.73 Å². The molecular formula is C13H18F3NOS. The fraction of sp³-hybridized carbons (Fsp3) is 0.538. The molecule has 0 saturated carbocycles. The van der Waals surface area contributed by atoms with Crippen molar-refractivity contribution in [1.82, 2.24) is 0 Å². The average molecular weight is 293 g/mol. The molecule has 3 N–H and O–H groups in total. The van der Waals surface area contributed by atoms with E-state index in [9.17, 15) is 18.3 Å². The maximum absolute atomic E-state index is 12.2. The highest BCUT2D eigenvalue weighted by molar-refractivity contribution is 8.00.